The van der Waals surface area contributed by atoms with Crippen molar-refractivity contribution in [3.63, 3.8) is 0 Å². The number of carbonyl (C=O) groups is 2. The SMILES string of the molecule is CNC(=O)CSC(F)C(=O)O. The highest BCUT2D eigenvalue weighted by molar-refractivity contribution is 8.01. The molecule has 4 nitrogen and oxygen atoms in total. The van der Waals surface area contributed by atoms with Gasteiger partial charge in [0.05, 0.1) is 5.75 Å². The Balaban J connectivity index is 3.54. The molecule has 2 N–H and O–H groups in total. The molecule has 0 aromatic rings. The number of nitrogens with one attached hydrogen (secondary N) is 1. The fraction of sp³-hybridized carbons (Fsp3) is 0.600. The van der Waals surface area contributed by atoms with Crippen LogP contribution in [0.4, 0.5) is 4.39 Å². The van der Waals surface area contributed by atoms with Crippen molar-refractivity contribution < 1.29 is 19.1 Å². The number of amides is 1. The number of carboxylic acids is 1. The molecule has 0 saturated heterocycles. The zero-order chi connectivity index (χ0) is 8.85. The first-order valence-corrected chi connectivity index (χ1v) is 3.82. The third-order valence-electron chi connectivity index (χ3n) is 0.834. The number of alkyl halides is 1. The Kier molecular flexibility index (Phi) is 4.60. The van der Waals surface area contributed by atoms with E-state index in [1.54, 1.807) is 0 Å². The van der Waals surface area contributed by atoms with Gasteiger partial charge in [0.2, 0.25) is 11.4 Å². The highest BCUT2D eigenvalue weighted by atomic mass is 32.2. The fourth-order valence-electron chi connectivity index (χ4n) is 0.292. The van der Waals surface area contributed by atoms with Crippen LogP contribution in [0.3, 0.4) is 0 Å². The molecule has 0 aromatic heterocycles. The molecule has 64 valence electrons. The molecule has 1 atom stereocenters. The number of rotatable bonds is 4. The molecule has 6 heteroatoms. The minimum Gasteiger partial charge on any atom is -0.478 e. The van der Waals surface area contributed by atoms with Crippen LogP contribution in [0.5, 0.6) is 0 Å². The molecule has 1 unspecified atom stereocenters. The van der Waals surface area contributed by atoms with Gasteiger partial charge in [0.1, 0.15) is 0 Å². The Hall–Kier alpha value is -0.780. The summed E-state index contributed by atoms with van der Waals surface area (Å²) >= 11 is 0.439. The van der Waals surface area contributed by atoms with Crippen LogP contribution in [0.15, 0.2) is 0 Å². The first-order valence-electron chi connectivity index (χ1n) is 2.77. The van der Waals surface area contributed by atoms with Gasteiger partial charge >= 0.3 is 5.97 Å². The van der Waals surface area contributed by atoms with Gasteiger partial charge in [-0.05, 0) is 0 Å². The summed E-state index contributed by atoms with van der Waals surface area (Å²) in [4.78, 5) is 20.3. The van der Waals surface area contributed by atoms with Crippen LogP contribution in [0.25, 0.3) is 0 Å². The van der Waals surface area contributed by atoms with Crippen molar-refractivity contribution in [2.45, 2.75) is 5.50 Å². The number of halogens is 1. The Bertz CT molecular complexity index is 164. The van der Waals surface area contributed by atoms with E-state index in [0.29, 0.717) is 11.8 Å². The van der Waals surface area contributed by atoms with Crippen molar-refractivity contribution in [3.05, 3.63) is 0 Å². The average molecular weight is 181 g/mol. The molecular weight excluding hydrogens is 173 g/mol. The van der Waals surface area contributed by atoms with E-state index in [1.807, 2.05) is 0 Å². The fourth-order valence-corrected chi connectivity index (χ4v) is 0.877. The second-order valence-electron chi connectivity index (χ2n) is 1.64. The van der Waals surface area contributed by atoms with E-state index in [-0.39, 0.29) is 11.7 Å². The van der Waals surface area contributed by atoms with Crippen LogP contribution in [-0.2, 0) is 9.59 Å². The average Bonchev–Trinajstić information content (AvgIpc) is 1.99. The second-order valence-corrected chi connectivity index (χ2v) is 2.67. The van der Waals surface area contributed by atoms with Crippen molar-refractivity contribution in [2.75, 3.05) is 12.8 Å². The van der Waals surface area contributed by atoms with E-state index in [1.165, 1.54) is 7.05 Å². The van der Waals surface area contributed by atoms with Crippen molar-refractivity contribution in [3.8, 4) is 0 Å². The van der Waals surface area contributed by atoms with Crippen LogP contribution in [-0.4, -0.2) is 35.3 Å². The summed E-state index contributed by atoms with van der Waals surface area (Å²) in [7, 11) is 1.40. The number of thioether (sulfide) groups is 1. The van der Waals surface area contributed by atoms with Gasteiger partial charge in [0.15, 0.2) is 0 Å². The number of carboxylic acid groups (broad SMARTS) is 1. The minimum absolute atomic E-state index is 0.177. The van der Waals surface area contributed by atoms with E-state index in [0.717, 1.165) is 0 Å². The summed E-state index contributed by atoms with van der Waals surface area (Å²) in [6, 6.07) is 0. The van der Waals surface area contributed by atoms with Gasteiger partial charge in [-0.2, -0.15) is 0 Å². The molecule has 0 aliphatic heterocycles. The van der Waals surface area contributed by atoms with E-state index < -0.39 is 11.5 Å². The zero-order valence-corrected chi connectivity index (χ0v) is 6.65. The topological polar surface area (TPSA) is 66.4 Å². The summed E-state index contributed by atoms with van der Waals surface area (Å²) < 4.78 is 12.2. The predicted octanol–water partition coefficient (Wildman–Crippen LogP) is -0.154. The number of hydrogen-bond donors (Lipinski definition) is 2. The van der Waals surface area contributed by atoms with Gasteiger partial charge in [-0.1, -0.05) is 0 Å². The van der Waals surface area contributed by atoms with Gasteiger partial charge in [-0.3, -0.25) is 4.79 Å². The van der Waals surface area contributed by atoms with E-state index >= 15 is 0 Å². The number of hydrogen-bond acceptors (Lipinski definition) is 3. The molecule has 0 radical (unpaired) electrons. The first kappa shape index (κ1) is 10.2. The third-order valence-corrected chi connectivity index (χ3v) is 1.76. The number of carbonyl (C=O) groups excluding carboxylic acids is 1. The monoisotopic (exact) mass is 181 g/mol. The van der Waals surface area contributed by atoms with E-state index in [9.17, 15) is 14.0 Å². The lowest BCUT2D eigenvalue weighted by molar-refractivity contribution is -0.139. The maximum absolute atomic E-state index is 12.2. The quantitative estimate of drug-likeness (QED) is 0.632. The highest BCUT2D eigenvalue weighted by Gasteiger charge is 2.16. The zero-order valence-electron chi connectivity index (χ0n) is 5.83. The lowest BCUT2D eigenvalue weighted by Crippen LogP contribution is -2.22. The predicted molar refractivity (Wildman–Crippen MR) is 39.1 cm³/mol. The lowest BCUT2D eigenvalue weighted by atomic mass is 10.7. The molecular formula is C5H8FNO3S. The summed E-state index contributed by atoms with van der Waals surface area (Å²) in [6.45, 7) is 0. The maximum atomic E-state index is 12.2. The standard InChI is InChI=1S/C5H8FNO3S/c1-7-3(8)2-11-4(6)5(9)10/h4H,2H2,1H3,(H,7,8)(H,9,10). The smallest absolute Gasteiger partial charge is 0.348 e. The largest absolute Gasteiger partial charge is 0.478 e. The second kappa shape index (κ2) is 4.95. The van der Waals surface area contributed by atoms with Crippen LogP contribution >= 0.6 is 11.8 Å². The van der Waals surface area contributed by atoms with Crippen LogP contribution < -0.4 is 5.32 Å². The van der Waals surface area contributed by atoms with Gasteiger partial charge < -0.3 is 10.4 Å². The van der Waals surface area contributed by atoms with Crippen molar-refractivity contribution >= 4 is 23.6 Å². The van der Waals surface area contributed by atoms with Crippen molar-refractivity contribution in [2.24, 2.45) is 0 Å². The molecule has 0 bridgehead atoms. The lowest BCUT2D eigenvalue weighted by Gasteiger charge is -2.00. The first-order chi connectivity index (χ1) is 5.07. The Morgan fingerprint density at radius 1 is 1.73 bits per heavy atom. The summed E-state index contributed by atoms with van der Waals surface area (Å²) in [5.74, 6) is -2.12. The maximum Gasteiger partial charge on any atom is 0.348 e. The molecule has 1 amide bonds. The van der Waals surface area contributed by atoms with Gasteiger partial charge in [-0.15, -0.1) is 11.8 Å². The van der Waals surface area contributed by atoms with E-state index in [4.69, 9.17) is 5.11 Å². The summed E-state index contributed by atoms with van der Waals surface area (Å²) in [5, 5.41) is 10.3. The van der Waals surface area contributed by atoms with Crippen LogP contribution in [0.1, 0.15) is 0 Å². The Morgan fingerprint density at radius 3 is 2.64 bits per heavy atom. The Labute approximate surface area is 67.2 Å². The van der Waals surface area contributed by atoms with Gasteiger partial charge in [-0.25, -0.2) is 9.18 Å². The molecule has 0 spiro atoms. The molecule has 0 fully saturated rings. The molecule has 0 aliphatic carbocycles. The molecule has 11 heavy (non-hydrogen) atoms. The summed E-state index contributed by atoms with van der Waals surface area (Å²) in [6.07, 6.45) is 0. The normalized spacial score (nSPS) is 12.2. The van der Waals surface area contributed by atoms with E-state index in [2.05, 4.69) is 5.32 Å². The summed E-state index contributed by atoms with van der Waals surface area (Å²) in [5.41, 5.74) is -2.02. The van der Waals surface area contributed by atoms with Crippen LogP contribution in [0, 0.1) is 0 Å². The molecule has 0 heterocycles. The third kappa shape index (κ3) is 4.60. The molecule has 0 aliphatic rings. The molecule has 0 saturated carbocycles. The van der Waals surface area contributed by atoms with Crippen molar-refractivity contribution in [1.82, 2.24) is 5.32 Å². The van der Waals surface area contributed by atoms with Gasteiger partial charge in [0.25, 0.3) is 0 Å². The van der Waals surface area contributed by atoms with Gasteiger partial charge in [0, 0.05) is 7.05 Å². The van der Waals surface area contributed by atoms with Crippen LogP contribution in [0.2, 0.25) is 0 Å². The van der Waals surface area contributed by atoms with Crippen molar-refractivity contribution in [1.29, 1.82) is 0 Å². The Morgan fingerprint density at radius 2 is 2.27 bits per heavy atom. The molecule has 0 aromatic carbocycles. The highest BCUT2D eigenvalue weighted by Crippen LogP contribution is 2.11. The minimum atomic E-state index is -2.02. The molecule has 0 rings (SSSR count). The number of aliphatic carboxylic acids is 1.